The summed E-state index contributed by atoms with van der Waals surface area (Å²) in [5.41, 5.74) is 4.99. The minimum atomic E-state index is 0.154. The van der Waals surface area contributed by atoms with Gasteiger partial charge < -0.3 is 15.4 Å². The van der Waals surface area contributed by atoms with E-state index in [2.05, 4.69) is 49.5 Å². The molecule has 0 saturated carbocycles. The van der Waals surface area contributed by atoms with Crippen LogP contribution in [-0.4, -0.2) is 75.7 Å². The summed E-state index contributed by atoms with van der Waals surface area (Å²) in [7, 11) is 0. The number of morpholine rings is 1. The minimum absolute atomic E-state index is 0.154. The molecule has 2 fully saturated rings. The maximum Gasteiger partial charge on any atom is 0.223 e. The number of anilines is 1. The van der Waals surface area contributed by atoms with Crippen molar-refractivity contribution in [3.63, 3.8) is 0 Å². The van der Waals surface area contributed by atoms with Crippen molar-refractivity contribution in [1.29, 1.82) is 5.26 Å². The molecule has 0 aromatic carbocycles. The van der Waals surface area contributed by atoms with Crippen LogP contribution in [0.2, 0.25) is 0 Å². The SMILES string of the molecule is C[C@@H]1CN(C2CC=C(C#N)c3ncccc32)C[C@H](CN2CCC(Nc3ncc4c(n3)CNC4)C2)O1. The van der Waals surface area contributed by atoms with Gasteiger partial charge in [0.25, 0.3) is 0 Å². The molecule has 0 radical (unpaired) electrons. The molecule has 0 amide bonds. The molecule has 0 bridgehead atoms. The number of hydrogen-bond acceptors (Lipinski definition) is 9. The van der Waals surface area contributed by atoms with Crippen LogP contribution in [0.15, 0.2) is 30.6 Å². The van der Waals surface area contributed by atoms with Gasteiger partial charge in [0.2, 0.25) is 5.95 Å². The van der Waals surface area contributed by atoms with Gasteiger partial charge in [-0.1, -0.05) is 12.1 Å². The summed E-state index contributed by atoms with van der Waals surface area (Å²) in [6.07, 6.45) is 8.00. The molecule has 9 nitrogen and oxygen atoms in total. The number of aromatic nitrogens is 3. The second-order valence-electron chi connectivity index (χ2n) is 10.1. The molecule has 2 unspecified atom stereocenters. The van der Waals surface area contributed by atoms with Crippen LogP contribution in [-0.2, 0) is 17.8 Å². The van der Waals surface area contributed by atoms with Crippen molar-refractivity contribution >= 4 is 11.5 Å². The predicted octanol–water partition coefficient (Wildman–Crippen LogP) is 2.10. The molecule has 3 aliphatic heterocycles. The van der Waals surface area contributed by atoms with Crippen LogP contribution in [0.3, 0.4) is 0 Å². The maximum atomic E-state index is 9.52. The quantitative estimate of drug-likeness (QED) is 0.677. The van der Waals surface area contributed by atoms with Crippen molar-refractivity contribution < 1.29 is 4.74 Å². The molecule has 5 heterocycles. The Morgan fingerprint density at radius 1 is 1.26 bits per heavy atom. The molecule has 2 aromatic rings. The number of pyridine rings is 1. The smallest absolute Gasteiger partial charge is 0.223 e. The van der Waals surface area contributed by atoms with Gasteiger partial charge in [0.05, 0.1) is 29.2 Å². The monoisotopic (exact) mass is 472 g/mol. The zero-order valence-electron chi connectivity index (χ0n) is 20.2. The molecule has 4 aliphatic rings. The highest BCUT2D eigenvalue weighted by atomic mass is 16.5. The summed E-state index contributed by atoms with van der Waals surface area (Å²) < 4.78 is 6.38. The fourth-order valence-corrected chi connectivity index (χ4v) is 5.96. The third-order valence-corrected chi connectivity index (χ3v) is 7.54. The molecular formula is C26H32N8O. The molecule has 1 aliphatic carbocycles. The van der Waals surface area contributed by atoms with Gasteiger partial charge in [-0.2, -0.15) is 5.26 Å². The van der Waals surface area contributed by atoms with Crippen LogP contribution < -0.4 is 10.6 Å². The third kappa shape index (κ3) is 4.67. The zero-order chi connectivity index (χ0) is 23.8. The van der Waals surface area contributed by atoms with Gasteiger partial charge in [-0.05, 0) is 31.4 Å². The predicted molar refractivity (Wildman–Crippen MR) is 132 cm³/mol. The van der Waals surface area contributed by atoms with E-state index in [1.807, 2.05) is 18.3 Å². The number of fused-ring (bicyclic) bond motifs is 2. The highest BCUT2D eigenvalue weighted by molar-refractivity contribution is 5.78. The molecule has 4 atom stereocenters. The molecule has 35 heavy (non-hydrogen) atoms. The lowest BCUT2D eigenvalue weighted by molar-refractivity contribution is -0.0970. The summed E-state index contributed by atoms with van der Waals surface area (Å²) in [6, 6.07) is 7.01. The number of ether oxygens (including phenoxy) is 1. The first-order valence-corrected chi connectivity index (χ1v) is 12.7. The molecule has 0 spiro atoms. The van der Waals surface area contributed by atoms with E-state index >= 15 is 0 Å². The second-order valence-corrected chi connectivity index (χ2v) is 10.1. The third-order valence-electron chi connectivity index (χ3n) is 7.54. The van der Waals surface area contributed by atoms with Crippen LogP contribution in [0.1, 0.15) is 48.3 Å². The molecule has 2 aromatic heterocycles. The Bertz CT molecular complexity index is 1160. The average Bonchev–Trinajstić information content (AvgIpc) is 3.52. The maximum absolute atomic E-state index is 9.52. The first kappa shape index (κ1) is 22.6. The Morgan fingerprint density at radius 2 is 2.20 bits per heavy atom. The van der Waals surface area contributed by atoms with Crippen LogP contribution in [0, 0.1) is 11.3 Å². The van der Waals surface area contributed by atoms with Crippen LogP contribution >= 0.6 is 0 Å². The summed E-state index contributed by atoms with van der Waals surface area (Å²) in [6.45, 7) is 8.56. The van der Waals surface area contributed by atoms with Crippen molar-refractivity contribution in [2.75, 3.05) is 38.0 Å². The second kappa shape index (κ2) is 9.63. The van der Waals surface area contributed by atoms with E-state index in [0.29, 0.717) is 11.6 Å². The van der Waals surface area contributed by atoms with Gasteiger partial charge in [0, 0.05) is 75.9 Å². The topological polar surface area (TPSA) is 102 Å². The lowest BCUT2D eigenvalue weighted by Gasteiger charge is -2.43. The molecular weight excluding hydrogens is 440 g/mol. The lowest BCUT2D eigenvalue weighted by atomic mass is 9.90. The Kier molecular flexibility index (Phi) is 6.20. The molecule has 2 saturated heterocycles. The normalized spacial score (nSPS) is 28.7. The first-order valence-electron chi connectivity index (χ1n) is 12.7. The minimum Gasteiger partial charge on any atom is -0.371 e. The highest BCUT2D eigenvalue weighted by Crippen LogP contribution is 2.36. The van der Waals surface area contributed by atoms with Gasteiger partial charge in [0.1, 0.15) is 6.07 Å². The molecule has 182 valence electrons. The van der Waals surface area contributed by atoms with Gasteiger partial charge >= 0.3 is 0 Å². The summed E-state index contributed by atoms with van der Waals surface area (Å²) in [4.78, 5) is 18.8. The molecule has 9 heteroatoms. The number of likely N-dealkylation sites (tertiary alicyclic amines) is 1. The number of nitriles is 1. The number of nitrogens with one attached hydrogen (secondary N) is 2. The van der Waals surface area contributed by atoms with Gasteiger partial charge in [-0.25, -0.2) is 9.97 Å². The van der Waals surface area contributed by atoms with Crippen LogP contribution in [0.25, 0.3) is 5.57 Å². The lowest BCUT2D eigenvalue weighted by Crippen LogP contribution is -2.51. The van der Waals surface area contributed by atoms with Crippen LogP contribution in [0.4, 0.5) is 5.95 Å². The zero-order valence-corrected chi connectivity index (χ0v) is 20.2. The number of allylic oxidation sites excluding steroid dienone is 1. The Hall–Kier alpha value is -2.90. The fraction of sp³-hybridized carbons (Fsp3) is 0.538. The first-order chi connectivity index (χ1) is 17.2. The van der Waals surface area contributed by atoms with E-state index in [-0.39, 0.29) is 18.2 Å². The number of rotatable bonds is 5. The van der Waals surface area contributed by atoms with Gasteiger partial charge in [0.15, 0.2) is 0 Å². The van der Waals surface area contributed by atoms with E-state index in [1.165, 1.54) is 5.56 Å². The van der Waals surface area contributed by atoms with Crippen molar-refractivity contribution in [2.24, 2.45) is 0 Å². The standard InChI is InChI=1S/C26H32N8O/c1-17-13-34(24-5-4-18(9-27)25-22(24)3-2-7-29-25)16-21(35-17)15-33-8-6-20(14-33)31-26-30-11-19-10-28-12-23(19)32-26/h2-4,7,11,17,20-21,24,28H,5-6,8,10,12-16H2,1H3,(H,30,31,32)/t17-,20?,21+,24?/m1/s1. The van der Waals surface area contributed by atoms with Gasteiger partial charge in [-0.3, -0.25) is 14.8 Å². The van der Waals surface area contributed by atoms with E-state index in [9.17, 15) is 5.26 Å². The van der Waals surface area contributed by atoms with E-state index in [1.54, 1.807) is 6.20 Å². The van der Waals surface area contributed by atoms with Crippen molar-refractivity contribution in [2.45, 2.75) is 57.1 Å². The molecule has 2 N–H and O–H groups in total. The highest BCUT2D eigenvalue weighted by Gasteiger charge is 2.35. The summed E-state index contributed by atoms with van der Waals surface area (Å²) in [5, 5.41) is 16.4. The largest absolute Gasteiger partial charge is 0.371 e. The number of hydrogen-bond donors (Lipinski definition) is 2. The summed E-state index contributed by atoms with van der Waals surface area (Å²) in [5.74, 6) is 0.738. The van der Waals surface area contributed by atoms with E-state index < -0.39 is 0 Å². The average molecular weight is 473 g/mol. The number of nitrogens with zero attached hydrogens (tertiary/aromatic N) is 6. The van der Waals surface area contributed by atoms with E-state index in [4.69, 9.17) is 9.72 Å². The molecule has 6 rings (SSSR count). The summed E-state index contributed by atoms with van der Waals surface area (Å²) >= 11 is 0. The Balaban J connectivity index is 1.08. The van der Waals surface area contributed by atoms with Crippen molar-refractivity contribution in [3.8, 4) is 6.07 Å². The Labute approximate surface area is 206 Å². The van der Waals surface area contributed by atoms with E-state index in [0.717, 1.165) is 81.6 Å². The van der Waals surface area contributed by atoms with Crippen LogP contribution in [0.5, 0.6) is 0 Å². The fourth-order valence-electron chi connectivity index (χ4n) is 5.96. The van der Waals surface area contributed by atoms with Gasteiger partial charge in [-0.15, -0.1) is 0 Å². The van der Waals surface area contributed by atoms with Crippen molar-refractivity contribution in [1.82, 2.24) is 30.1 Å². The van der Waals surface area contributed by atoms with Crippen molar-refractivity contribution in [3.05, 3.63) is 53.1 Å². The Morgan fingerprint density at radius 3 is 3.11 bits per heavy atom.